The summed E-state index contributed by atoms with van der Waals surface area (Å²) in [5.41, 5.74) is 5.59. The van der Waals surface area contributed by atoms with Gasteiger partial charge < -0.3 is 10.3 Å². The Hall–Kier alpha value is -2.63. The van der Waals surface area contributed by atoms with E-state index in [-0.39, 0.29) is 5.91 Å². The monoisotopic (exact) mass is 283 g/mol. The van der Waals surface area contributed by atoms with Crippen LogP contribution in [0, 0.1) is 13.8 Å². The van der Waals surface area contributed by atoms with Gasteiger partial charge in [0.05, 0.1) is 22.9 Å². The van der Waals surface area contributed by atoms with Gasteiger partial charge in [0, 0.05) is 6.42 Å². The van der Waals surface area contributed by atoms with E-state index in [1.165, 1.54) is 11.1 Å². The summed E-state index contributed by atoms with van der Waals surface area (Å²) in [6.45, 7) is 5.94. The molecule has 1 aromatic carbocycles. The number of anilines is 1. The number of benzene rings is 1. The molecule has 108 valence electrons. The van der Waals surface area contributed by atoms with E-state index in [9.17, 15) is 4.79 Å². The van der Waals surface area contributed by atoms with Gasteiger partial charge in [-0.05, 0) is 37.1 Å². The number of aromatic amines is 2. The molecule has 0 saturated carbocycles. The molecule has 1 amide bonds. The van der Waals surface area contributed by atoms with Gasteiger partial charge >= 0.3 is 0 Å². The number of imidazole rings is 1. The van der Waals surface area contributed by atoms with E-state index < -0.39 is 0 Å². The zero-order chi connectivity index (χ0) is 15.0. The van der Waals surface area contributed by atoms with Crippen LogP contribution in [0.3, 0.4) is 0 Å². The molecule has 0 spiro atoms. The summed E-state index contributed by atoms with van der Waals surface area (Å²) in [6.07, 6.45) is 2.01. The van der Waals surface area contributed by atoms with E-state index in [2.05, 4.69) is 45.4 Å². The van der Waals surface area contributed by atoms with Crippen molar-refractivity contribution in [2.75, 3.05) is 5.32 Å². The number of nitrogens with one attached hydrogen (secondary N) is 3. The Morgan fingerprint density at radius 2 is 2.05 bits per heavy atom. The van der Waals surface area contributed by atoms with Crippen molar-refractivity contribution in [2.24, 2.45) is 0 Å². The topological polar surface area (TPSA) is 86.5 Å². The first-order chi connectivity index (χ1) is 10.1. The van der Waals surface area contributed by atoms with Gasteiger partial charge in [0.2, 0.25) is 5.91 Å². The third kappa shape index (κ3) is 2.40. The summed E-state index contributed by atoms with van der Waals surface area (Å²) in [4.78, 5) is 19.4. The number of aromatic nitrogens is 4. The second-order valence-electron chi connectivity index (χ2n) is 5.10. The van der Waals surface area contributed by atoms with Crippen molar-refractivity contribution in [3.05, 3.63) is 29.5 Å². The van der Waals surface area contributed by atoms with Gasteiger partial charge in [-0.25, -0.2) is 4.98 Å². The quantitative estimate of drug-likeness (QED) is 0.690. The van der Waals surface area contributed by atoms with Crippen LogP contribution in [-0.2, 0) is 4.79 Å². The van der Waals surface area contributed by atoms with Gasteiger partial charge in [0.25, 0.3) is 0 Å². The van der Waals surface area contributed by atoms with Crippen LogP contribution in [0.4, 0.5) is 5.69 Å². The largest absolute Gasteiger partial charge is 0.337 e. The van der Waals surface area contributed by atoms with Crippen molar-refractivity contribution >= 4 is 22.6 Å². The number of amides is 1. The summed E-state index contributed by atoms with van der Waals surface area (Å²) in [5, 5.41) is 9.69. The molecule has 6 heteroatoms. The molecule has 2 heterocycles. The molecule has 3 rings (SSSR count). The number of hydrogen-bond donors (Lipinski definition) is 3. The predicted molar refractivity (Wildman–Crippen MR) is 82.1 cm³/mol. The number of carbonyl (C=O) groups excluding carboxylic acids is 1. The molecule has 0 aliphatic heterocycles. The maximum Gasteiger partial charge on any atom is 0.224 e. The lowest BCUT2D eigenvalue weighted by Crippen LogP contribution is -2.09. The van der Waals surface area contributed by atoms with Crippen molar-refractivity contribution in [3.8, 4) is 11.5 Å². The normalized spacial score (nSPS) is 11.0. The van der Waals surface area contributed by atoms with Crippen LogP contribution in [0.25, 0.3) is 22.6 Å². The maximum absolute atomic E-state index is 11.5. The maximum atomic E-state index is 11.5. The van der Waals surface area contributed by atoms with E-state index in [0.29, 0.717) is 23.6 Å². The molecule has 0 aliphatic carbocycles. The van der Waals surface area contributed by atoms with Crippen molar-refractivity contribution in [1.29, 1.82) is 0 Å². The van der Waals surface area contributed by atoms with Crippen molar-refractivity contribution in [1.82, 2.24) is 20.2 Å². The second-order valence-corrected chi connectivity index (χ2v) is 5.10. The first-order valence-corrected chi connectivity index (χ1v) is 6.89. The molecular weight excluding hydrogens is 266 g/mol. The third-order valence-corrected chi connectivity index (χ3v) is 3.57. The highest BCUT2D eigenvalue weighted by molar-refractivity contribution is 5.94. The van der Waals surface area contributed by atoms with Crippen molar-refractivity contribution in [3.63, 3.8) is 0 Å². The molecule has 0 fully saturated rings. The first-order valence-electron chi connectivity index (χ1n) is 6.89. The van der Waals surface area contributed by atoms with Crippen LogP contribution in [-0.4, -0.2) is 26.1 Å². The highest BCUT2D eigenvalue weighted by atomic mass is 16.1. The number of hydrogen-bond acceptors (Lipinski definition) is 3. The van der Waals surface area contributed by atoms with Crippen LogP contribution in [0.2, 0.25) is 0 Å². The number of aryl methyl sites for hydroxylation is 2. The lowest BCUT2D eigenvalue weighted by Gasteiger charge is -2.01. The molecule has 0 saturated heterocycles. The second kappa shape index (κ2) is 5.05. The summed E-state index contributed by atoms with van der Waals surface area (Å²) < 4.78 is 0. The van der Waals surface area contributed by atoms with E-state index in [1.54, 1.807) is 6.20 Å². The highest BCUT2D eigenvalue weighted by Crippen LogP contribution is 2.26. The smallest absolute Gasteiger partial charge is 0.224 e. The Bertz CT molecular complexity index is 776. The van der Waals surface area contributed by atoms with Gasteiger partial charge in [-0.1, -0.05) is 6.92 Å². The van der Waals surface area contributed by atoms with E-state index in [1.807, 2.05) is 13.0 Å². The van der Waals surface area contributed by atoms with Crippen LogP contribution in [0.15, 0.2) is 18.3 Å². The van der Waals surface area contributed by atoms with E-state index >= 15 is 0 Å². The molecule has 0 bridgehead atoms. The van der Waals surface area contributed by atoms with Gasteiger partial charge in [-0.15, -0.1) is 0 Å². The van der Waals surface area contributed by atoms with Gasteiger partial charge in [-0.2, -0.15) is 5.10 Å². The van der Waals surface area contributed by atoms with Gasteiger partial charge in [-0.3, -0.25) is 9.89 Å². The summed E-state index contributed by atoms with van der Waals surface area (Å²) in [5.74, 6) is 0.611. The average Bonchev–Trinajstić information content (AvgIpc) is 3.05. The minimum absolute atomic E-state index is 0.0551. The standard InChI is InChI=1S/C15H17N5O/c1-4-13(21)17-12-7-16-20-14(12)15-18-10-5-8(2)9(3)6-11(10)19-15/h5-7H,4H2,1-3H3,(H,16,20)(H,17,21)(H,18,19). The molecule has 0 radical (unpaired) electrons. The summed E-state index contributed by atoms with van der Waals surface area (Å²) in [6, 6.07) is 4.12. The van der Waals surface area contributed by atoms with Crippen LogP contribution < -0.4 is 5.32 Å². The Morgan fingerprint density at radius 1 is 1.29 bits per heavy atom. The fourth-order valence-electron chi connectivity index (χ4n) is 2.19. The number of nitrogens with zero attached hydrogens (tertiary/aromatic N) is 2. The number of fused-ring (bicyclic) bond motifs is 1. The zero-order valence-electron chi connectivity index (χ0n) is 12.2. The predicted octanol–water partition coefficient (Wildman–Crippen LogP) is 2.92. The molecule has 2 aromatic heterocycles. The van der Waals surface area contributed by atoms with E-state index in [0.717, 1.165) is 11.0 Å². The van der Waals surface area contributed by atoms with Crippen LogP contribution in [0.5, 0.6) is 0 Å². The number of H-pyrrole nitrogens is 2. The molecule has 0 aliphatic rings. The fourth-order valence-corrected chi connectivity index (χ4v) is 2.19. The molecule has 0 unspecified atom stereocenters. The lowest BCUT2D eigenvalue weighted by molar-refractivity contribution is -0.115. The van der Waals surface area contributed by atoms with E-state index in [4.69, 9.17) is 0 Å². The van der Waals surface area contributed by atoms with Gasteiger partial charge in [0.1, 0.15) is 5.69 Å². The van der Waals surface area contributed by atoms with Crippen LogP contribution >= 0.6 is 0 Å². The van der Waals surface area contributed by atoms with Crippen molar-refractivity contribution < 1.29 is 4.79 Å². The van der Waals surface area contributed by atoms with Crippen LogP contribution in [0.1, 0.15) is 24.5 Å². The Labute approximate surface area is 122 Å². The molecule has 0 atom stereocenters. The average molecular weight is 283 g/mol. The Morgan fingerprint density at radius 3 is 2.81 bits per heavy atom. The molecule has 21 heavy (non-hydrogen) atoms. The summed E-state index contributed by atoms with van der Waals surface area (Å²) in [7, 11) is 0. The first kappa shape index (κ1) is 13.4. The zero-order valence-corrected chi connectivity index (χ0v) is 12.2. The highest BCUT2D eigenvalue weighted by Gasteiger charge is 2.14. The Kier molecular flexibility index (Phi) is 3.21. The molecule has 3 aromatic rings. The minimum atomic E-state index is -0.0551. The molecular formula is C15H17N5O. The minimum Gasteiger partial charge on any atom is -0.337 e. The number of rotatable bonds is 3. The Balaban J connectivity index is 2.05. The van der Waals surface area contributed by atoms with Gasteiger partial charge in [0.15, 0.2) is 5.82 Å². The molecule has 3 N–H and O–H groups in total. The number of carbonyl (C=O) groups is 1. The van der Waals surface area contributed by atoms with Crippen molar-refractivity contribution in [2.45, 2.75) is 27.2 Å². The SMILES string of the molecule is CCC(=O)Nc1cn[nH]c1-c1nc2cc(C)c(C)cc2[nH]1. The fraction of sp³-hybridized carbons (Fsp3) is 0.267. The third-order valence-electron chi connectivity index (χ3n) is 3.57. The molecule has 6 nitrogen and oxygen atoms in total. The summed E-state index contributed by atoms with van der Waals surface area (Å²) >= 11 is 0. The lowest BCUT2D eigenvalue weighted by atomic mass is 10.1.